The molecule has 2 heterocycles. The van der Waals surface area contributed by atoms with Crippen molar-refractivity contribution in [1.82, 2.24) is 20.5 Å². The van der Waals surface area contributed by atoms with Gasteiger partial charge in [0.25, 0.3) is 0 Å². The van der Waals surface area contributed by atoms with Gasteiger partial charge in [0.05, 0.1) is 35.1 Å². The number of hydrogen-bond acceptors (Lipinski definition) is 10. The molecule has 7 N–H and O–H groups in total. The summed E-state index contributed by atoms with van der Waals surface area (Å²) in [4.78, 5) is 54.7. The number of nitrogens with one attached hydrogen (secondary N) is 5. The number of phenols is 1. The SMILES string of the molecule is COc1cc(NC(=O)CCCCNC(=O)CCN2CCC(OC(=O)Nc3ccccc3-c3ccccc3)CC2)c(Cl)cc1C(C)NC[C@H](O)c1ccc(O)c2[nH]c(=O)ccc12. The molecule has 0 radical (unpaired) electrons. The number of nitrogens with zero attached hydrogens (tertiary/aromatic N) is 1. The van der Waals surface area contributed by atoms with Crippen molar-refractivity contribution in [1.29, 1.82) is 0 Å². The number of carbonyl (C=O) groups excluding carboxylic acids is 3. The van der Waals surface area contributed by atoms with E-state index in [2.05, 4.69) is 31.2 Å². The summed E-state index contributed by atoms with van der Waals surface area (Å²) in [5.74, 6) is 0.131. The Morgan fingerprint density at radius 1 is 0.885 bits per heavy atom. The second-order valence-electron chi connectivity index (χ2n) is 15.1. The van der Waals surface area contributed by atoms with Crippen molar-refractivity contribution in [2.24, 2.45) is 0 Å². The third-order valence-electron chi connectivity index (χ3n) is 10.8. The van der Waals surface area contributed by atoms with Gasteiger partial charge in [-0.05, 0) is 68.0 Å². The molecule has 1 aromatic heterocycles. The minimum atomic E-state index is -0.960. The number of aromatic nitrogens is 1. The highest BCUT2D eigenvalue weighted by Crippen LogP contribution is 2.35. The third-order valence-corrected chi connectivity index (χ3v) is 11.1. The number of ether oxygens (including phenoxy) is 2. The van der Waals surface area contributed by atoms with Crippen LogP contribution in [0.3, 0.4) is 0 Å². The van der Waals surface area contributed by atoms with E-state index in [1.165, 1.54) is 19.2 Å². The number of benzene rings is 4. The number of rotatable bonds is 18. The number of amides is 3. The number of halogens is 1. The van der Waals surface area contributed by atoms with Gasteiger partial charge in [-0.2, -0.15) is 0 Å². The molecule has 1 fully saturated rings. The number of para-hydroxylation sites is 1. The zero-order valence-corrected chi connectivity index (χ0v) is 35.1. The Morgan fingerprint density at radius 3 is 2.41 bits per heavy atom. The number of likely N-dealkylation sites (tertiary alicyclic amines) is 1. The quantitative estimate of drug-likeness (QED) is 0.0441. The summed E-state index contributed by atoms with van der Waals surface area (Å²) in [5.41, 5.74) is 4.17. The molecule has 15 heteroatoms. The fraction of sp³-hybridized carbons (Fsp3) is 0.348. The maximum atomic E-state index is 12.8. The van der Waals surface area contributed by atoms with Crippen molar-refractivity contribution < 1.29 is 34.1 Å². The number of methoxy groups -OCH3 is 1. The first kappa shape index (κ1) is 44.6. The van der Waals surface area contributed by atoms with Crippen molar-refractivity contribution in [3.63, 3.8) is 0 Å². The number of aromatic amines is 1. The molecule has 4 aromatic carbocycles. The van der Waals surface area contributed by atoms with Gasteiger partial charge in [-0.3, -0.25) is 19.7 Å². The molecular formula is C46H53ClN6O8. The maximum absolute atomic E-state index is 12.8. The van der Waals surface area contributed by atoms with Gasteiger partial charge in [-0.25, -0.2) is 4.79 Å². The van der Waals surface area contributed by atoms with E-state index in [1.54, 1.807) is 24.3 Å². The van der Waals surface area contributed by atoms with Crippen LogP contribution in [0, 0.1) is 0 Å². The number of anilines is 2. The second-order valence-corrected chi connectivity index (χ2v) is 15.5. The van der Waals surface area contributed by atoms with Gasteiger partial charge < -0.3 is 45.5 Å². The van der Waals surface area contributed by atoms with Crippen molar-refractivity contribution in [2.75, 3.05) is 50.5 Å². The maximum Gasteiger partial charge on any atom is 0.411 e. The van der Waals surface area contributed by atoms with E-state index >= 15 is 0 Å². The van der Waals surface area contributed by atoms with Crippen molar-refractivity contribution >= 4 is 51.8 Å². The highest BCUT2D eigenvalue weighted by molar-refractivity contribution is 6.33. The smallest absolute Gasteiger partial charge is 0.411 e. The fourth-order valence-corrected chi connectivity index (χ4v) is 7.66. The van der Waals surface area contributed by atoms with Crippen LogP contribution in [0.4, 0.5) is 16.2 Å². The second kappa shape index (κ2) is 21.5. The number of fused-ring (bicyclic) bond motifs is 1. The molecular weight excluding hydrogens is 800 g/mol. The summed E-state index contributed by atoms with van der Waals surface area (Å²) in [7, 11) is 1.52. The van der Waals surface area contributed by atoms with E-state index in [0.717, 1.165) is 24.2 Å². The lowest BCUT2D eigenvalue weighted by atomic mass is 10.0. The van der Waals surface area contributed by atoms with Crippen LogP contribution < -0.4 is 31.6 Å². The zero-order valence-electron chi connectivity index (χ0n) is 34.3. The highest BCUT2D eigenvalue weighted by Gasteiger charge is 2.24. The summed E-state index contributed by atoms with van der Waals surface area (Å²) < 4.78 is 11.4. The number of unbranched alkanes of at least 4 members (excludes halogenated alkanes) is 1. The molecule has 6 rings (SSSR count). The van der Waals surface area contributed by atoms with Gasteiger partial charge in [0.15, 0.2) is 0 Å². The number of pyridine rings is 1. The summed E-state index contributed by atoms with van der Waals surface area (Å²) in [6.07, 6.45) is 1.53. The number of hydrogen-bond donors (Lipinski definition) is 7. The lowest BCUT2D eigenvalue weighted by Crippen LogP contribution is -2.40. The van der Waals surface area contributed by atoms with Crippen LogP contribution in [0.2, 0.25) is 5.02 Å². The molecule has 322 valence electrons. The fourth-order valence-electron chi connectivity index (χ4n) is 7.44. The summed E-state index contributed by atoms with van der Waals surface area (Å²) in [6.45, 7) is 4.55. The molecule has 0 aliphatic carbocycles. The zero-order chi connectivity index (χ0) is 43.3. The molecule has 1 unspecified atom stereocenters. The van der Waals surface area contributed by atoms with Gasteiger partial charge in [0.1, 0.15) is 17.6 Å². The molecule has 3 amide bonds. The Morgan fingerprint density at radius 2 is 1.64 bits per heavy atom. The number of H-pyrrole nitrogens is 1. The number of aromatic hydroxyl groups is 1. The first-order chi connectivity index (χ1) is 29.5. The third kappa shape index (κ3) is 12.3. The standard InChI is InChI=1S/C46H53ClN6O8/c1-29(49-28-40(55)33-15-17-39(54)45-34(33)16-18-44(58)52-45)35-26-36(47)38(27-41(35)60-2)50-43(57)14-8-9-22-48-42(56)21-25-53-23-19-31(20-24-53)61-46(59)51-37-13-7-6-12-32(37)30-10-4-3-5-11-30/h3-7,10-13,15-18,26-27,29,31,40,49,54-55H,8-9,14,19-25,28H2,1-2H3,(H,48,56)(H,50,57)(H,51,59)(H,52,58)/t29?,40-/m0/s1. The van der Waals surface area contributed by atoms with Crippen LogP contribution in [0.5, 0.6) is 11.5 Å². The number of piperidine rings is 1. The minimum Gasteiger partial charge on any atom is -0.506 e. The van der Waals surface area contributed by atoms with Crippen LogP contribution in [-0.2, 0) is 14.3 Å². The molecule has 0 spiro atoms. The average Bonchev–Trinajstić information content (AvgIpc) is 3.26. The largest absolute Gasteiger partial charge is 0.506 e. The van der Waals surface area contributed by atoms with Crippen LogP contribution in [0.15, 0.2) is 95.8 Å². The minimum absolute atomic E-state index is 0.0529. The summed E-state index contributed by atoms with van der Waals surface area (Å²) >= 11 is 6.61. The topological polar surface area (TPSA) is 194 Å². The molecule has 2 atom stereocenters. The van der Waals surface area contributed by atoms with Crippen LogP contribution in [0.1, 0.15) is 68.7 Å². The van der Waals surface area contributed by atoms with E-state index in [1.807, 2.05) is 61.5 Å². The molecule has 1 aliphatic heterocycles. The van der Waals surface area contributed by atoms with E-state index in [4.69, 9.17) is 21.1 Å². The number of phenolic OH excluding ortho intramolecular Hbond substituents is 1. The summed E-state index contributed by atoms with van der Waals surface area (Å²) in [5, 5.41) is 34.0. The molecule has 61 heavy (non-hydrogen) atoms. The van der Waals surface area contributed by atoms with Gasteiger partial charge in [0.2, 0.25) is 17.4 Å². The Balaban J connectivity index is 0.856. The number of aliphatic hydroxyl groups excluding tert-OH is 1. The first-order valence-corrected chi connectivity index (χ1v) is 20.9. The molecule has 0 saturated carbocycles. The van der Waals surface area contributed by atoms with Crippen LogP contribution >= 0.6 is 11.6 Å². The number of carbonyl (C=O) groups is 3. The lowest BCUT2D eigenvalue weighted by molar-refractivity contribution is -0.121. The average molecular weight is 853 g/mol. The highest BCUT2D eigenvalue weighted by atomic mass is 35.5. The van der Waals surface area contributed by atoms with E-state index in [0.29, 0.717) is 83.9 Å². The predicted octanol–water partition coefficient (Wildman–Crippen LogP) is 7.28. The van der Waals surface area contributed by atoms with Crippen LogP contribution in [-0.4, -0.2) is 83.9 Å². The van der Waals surface area contributed by atoms with Crippen molar-refractivity contribution in [3.8, 4) is 22.6 Å². The molecule has 5 aromatic rings. The first-order valence-electron chi connectivity index (χ1n) is 20.5. The Hall–Kier alpha value is -5.93. The Kier molecular flexibility index (Phi) is 15.8. The van der Waals surface area contributed by atoms with Crippen molar-refractivity contribution in [2.45, 2.75) is 63.7 Å². The lowest BCUT2D eigenvalue weighted by Gasteiger charge is -2.31. The van der Waals surface area contributed by atoms with Gasteiger partial charge in [0, 0.05) is 80.3 Å². The number of aliphatic hydroxyl groups is 1. The predicted molar refractivity (Wildman–Crippen MR) is 237 cm³/mol. The summed E-state index contributed by atoms with van der Waals surface area (Å²) in [6, 6.07) is 26.5. The van der Waals surface area contributed by atoms with Crippen molar-refractivity contribution in [3.05, 3.63) is 117 Å². The van der Waals surface area contributed by atoms with Gasteiger partial charge >= 0.3 is 6.09 Å². The molecule has 0 bridgehead atoms. The van der Waals surface area contributed by atoms with E-state index < -0.39 is 12.2 Å². The van der Waals surface area contributed by atoms with E-state index in [-0.39, 0.29) is 53.8 Å². The van der Waals surface area contributed by atoms with Gasteiger partial charge in [-0.15, -0.1) is 0 Å². The normalized spacial score (nSPS) is 14.2. The van der Waals surface area contributed by atoms with Crippen LogP contribution in [0.25, 0.3) is 22.0 Å². The Bertz CT molecular complexity index is 2350. The van der Waals surface area contributed by atoms with Gasteiger partial charge in [-0.1, -0.05) is 66.2 Å². The van der Waals surface area contributed by atoms with E-state index in [9.17, 15) is 29.4 Å². The Labute approximate surface area is 359 Å². The molecule has 14 nitrogen and oxygen atoms in total. The molecule has 1 saturated heterocycles. The monoisotopic (exact) mass is 852 g/mol. The molecule has 1 aliphatic rings.